The Morgan fingerprint density at radius 2 is 2.06 bits per heavy atom. The van der Waals surface area contributed by atoms with Gasteiger partial charge in [0.2, 0.25) is 0 Å². The quantitative estimate of drug-likeness (QED) is 0.803. The molecule has 1 unspecified atom stereocenters. The van der Waals surface area contributed by atoms with Crippen LogP contribution in [0, 0.1) is 17.7 Å². The summed E-state index contributed by atoms with van der Waals surface area (Å²) < 4.78 is 19.3. The van der Waals surface area contributed by atoms with E-state index in [9.17, 15) is 4.39 Å². The van der Waals surface area contributed by atoms with Gasteiger partial charge in [-0.05, 0) is 23.8 Å². The first-order valence-corrected chi connectivity index (χ1v) is 6.65. The Bertz CT molecular complexity index is 324. The van der Waals surface area contributed by atoms with Crippen molar-refractivity contribution in [2.75, 3.05) is 12.4 Å². The van der Waals surface area contributed by atoms with E-state index in [0.29, 0.717) is 28.7 Å². The Labute approximate surface area is 110 Å². The van der Waals surface area contributed by atoms with E-state index in [1.165, 1.54) is 12.1 Å². The molecule has 16 heavy (non-hydrogen) atoms. The van der Waals surface area contributed by atoms with Crippen molar-refractivity contribution in [3.8, 4) is 5.75 Å². The van der Waals surface area contributed by atoms with Crippen LogP contribution in [0.3, 0.4) is 0 Å². The van der Waals surface area contributed by atoms with Crippen LogP contribution < -0.4 is 4.74 Å². The van der Waals surface area contributed by atoms with Gasteiger partial charge in [0.05, 0.1) is 6.61 Å². The number of hydrogen-bond donors (Lipinski definition) is 1. The van der Waals surface area contributed by atoms with Crippen molar-refractivity contribution in [1.29, 1.82) is 0 Å². The highest BCUT2D eigenvalue weighted by Gasteiger charge is 2.12. The van der Waals surface area contributed by atoms with Crippen LogP contribution in [-0.4, -0.2) is 12.4 Å². The Balaban J connectivity index is 2.60. The number of benzene rings is 1. The molecular weight excluding hydrogens is 291 g/mol. The summed E-state index contributed by atoms with van der Waals surface area (Å²) in [4.78, 5) is 0. The highest BCUT2D eigenvalue weighted by molar-refractivity contribution is 9.10. The molecule has 0 heterocycles. The zero-order valence-electron chi connectivity index (χ0n) is 9.41. The first-order chi connectivity index (χ1) is 7.52. The smallest absolute Gasteiger partial charge is 0.128 e. The van der Waals surface area contributed by atoms with Gasteiger partial charge in [-0.2, -0.15) is 12.6 Å². The third kappa shape index (κ3) is 4.34. The van der Waals surface area contributed by atoms with E-state index in [1.54, 1.807) is 6.07 Å². The van der Waals surface area contributed by atoms with Gasteiger partial charge < -0.3 is 4.74 Å². The second-order valence-electron chi connectivity index (χ2n) is 4.10. The van der Waals surface area contributed by atoms with Crippen LogP contribution in [-0.2, 0) is 0 Å². The van der Waals surface area contributed by atoms with Crippen molar-refractivity contribution in [3.05, 3.63) is 28.5 Å². The molecule has 1 nitrogen and oxygen atoms in total. The molecule has 0 amide bonds. The van der Waals surface area contributed by atoms with Crippen LogP contribution in [0.4, 0.5) is 4.39 Å². The monoisotopic (exact) mass is 306 g/mol. The second-order valence-corrected chi connectivity index (χ2v) is 5.38. The van der Waals surface area contributed by atoms with Crippen molar-refractivity contribution in [2.45, 2.75) is 13.8 Å². The molecule has 0 spiro atoms. The van der Waals surface area contributed by atoms with Gasteiger partial charge >= 0.3 is 0 Å². The third-order valence-corrected chi connectivity index (χ3v) is 3.40. The first kappa shape index (κ1) is 13.8. The third-order valence-electron chi connectivity index (χ3n) is 2.48. The summed E-state index contributed by atoms with van der Waals surface area (Å²) in [6.45, 7) is 4.83. The van der Waals surface area contributed by atoms with E-state index in [-0.39, 0.29) is 5.82 Å². The summed E-state index contributed by atoms with van der Waals surface area (Å²) >= 11 is 7.51. The molecule has 1 rings (SSSR count). The van der Waals surface area contributed by atoms with Crippen LogP contribution in [0.25, 0.3) is 0 Å². The van der Waals surface area contributed by atoms with Crippen LogP contribution in [0.5, 0.6) is 5.75 Å². The molecule has 0 saturated heterocycles. The van der Waals surface area contributed by atoms with Crippen molar-refractivity contribution in [3.63, 3.8) is 0 Å². The molecule has 0 saturated carbocycles. The van der Waals surface area contributed by atoms with Gasteiger partial charge in [-0.25, -0.2) is 4.39 Å². The Morgan fingerprint density at radius 3 is 2.56 bits per heavy atom. The molecule has 4 heteroatoms. The fourth-order valence-corrected chi connectivity index (χ4v) is 2.24. The van der Waals surface area contributed by atoms with Gasteiger partial charge in [0.1, 0.15) is 11.6 Å². The number of rotatable bonds is 5. The maximum absolute atomic E-state index is 13.1. The molecule has 0 aliphatic carbocycles. The number of ether oxygens (including phenoxy) is 1. The Morgan fingerprint density at radius 1 is 1.38 bits per heavy atom. The molecule has 0 aliphatic rings. The Kier molecular flexibility index (Phi) is 5.62. The molecule has 0 N–H and O–H groups in total. The molecular formula is C12H16BrFOS. The first-order valence-electron chi connectivity index (χ1n) is 5.22. The standard InChI is InChI=1S/C12H16BrFOS/c1-8(2)9(7-16)6-15-12-4-10(13)3-11(14)5-12/h3-5,8-9,16H,6-7H2,1-2H3. The summed E-state index contributed by atoms with van der Waals surface area (Å²) in [5.41, 5.74) is 0. The number of halogens is 2. The van der Waals surface area contributed by atoms with Gasteiger partial charge in [-0.3, -0.25) is 0 Å². The zero-order chi connectivity index (χ0) is 12.1. The topological polar surface area (TPSA) is 9.23 Å². The molecule has 1 aromatic rings. The van der Waals surface area contributed by atoms with Gasteiger partial charge in [0, 0.05) is 16.5 Å². The fourth-order valence-electron chi connectivity index (χ4n) is 1.27. The average molecular weight is 307 g/mol. The lowest BCUT2D eigenvalue weighted by Gasteiger charge is -2.19. The highest BCUT2D eigenvalue weighted by atomic mass is 79.9. The van der Waals surface area contributed by atoms with Crippen molar-refractivity contribution in [2.24, 2.45) is 11.8 Å². The van der Waals surface area contributed by atoms with Gasteiger partial charge in [0.25, 0.3) is 0 Å². The predicted octanol–water partition coefficient (Wildman–Crippen LogP) is 4.17. The fraction of sp³-hybridized carbons (Fsp3) is 0.500. The largest absolute Gasteiger partial charge is 0.493 e. The SMILES string of the molecule is CC(C)C(CS)COc1cc(F)cc(Br)c1. The molecule has 1 aromatic carbocycles. The Hall–Kier alpha value is -0.220. The summed E-state index contributed by atoms with van der Waals surface area (Å²) in [6.07, 6.45) is 0. The van der Waals surface area contributed by atoms with Crippen LogP contribution in [0.1, 0.15) is 13.8 Å². The molecule has 0 radical (unpaired) electrons. The summed E-state index contributed by atoms with van der Waals surface area (Å²) in [6, 6.07) is 4.56. The lowest BCUT2D eigenvalue weighted by atomic mass is 9.99. The highest BCUT2D eigenvalue weighted by Crippen LogP contribution is 2.22. The van der Waals surface area contributed by atoms with Crippen LogP contribution in [0.2, 0.25) is 0 Å². The van der Waals surface area contributed by atoms with E-state index in [2.05, 4.69) is 42.4 Å². The maximum Gasteiger partial charge on any atom is 0.128 e. The maximum atomic E-state index is 13.1. The molecule has 1 atom stereocenters. The van der Waals surface area contributed by atoms with Gasteiger partial charge in [-0.1, -0.05) is 29.8 Å². The predicted molar refractivity (Wildman–Crippen MR) is 71.8 cm³/mol. The normalized spacial score (nSPS) is 12.9. The number of hydrogen-bond acceptors (Lipinski definition) is 2. The van der Waals surface area contributed by atoms with Gasteiger partial charge in [0.15, 0.2) is 0 Å². The summed E-state index contributed by atoms with van der Waals surface area (Å²) in [7, 11) is 0. The average Bonchev–Trinajstić information content (AvgIpc) is 2.16. The minimum Gasteiger partial charge on any atom is -0.493 e. The van der Waals surface area contributed by atoms with Crippen molar-refractivity contribution >= 4 is 28.6 Å². The van der Waals surface area contributed by atoms with Crippen LogP contribution >= 0.6 is 28.6 Å². The minimum atomic E-state index is -0.295. The summed E-state index contributed by atoms with van der Waals surface area (Å²) in [5, 5.41) is 0. The zero-order valence-corrected chi connectivity index (χ0v) is 11.9. The lowest BCUT2D eigenvalue weighted by molar-refractivity contribution is 0.226. The molecule has 0 aliphatic heterocycles. The van der Waals surface area contributed by atoms with Crippen molar-refractivity contribution < 1.29 is 9.13 Å². The van der Waals surface area contributed by atoms with Gasteiger partial charge in [-0.15, -0.1) is 0 Å². The minimum absolute atomic E-state index is 0.295. The summed E-state index contributed by atoms with van der Waals surface area (Å²) in [5.74, 6) is 1.92. The molecule has 90 valence electrons. The van der Waals surface area contributed by atoms with E-state index >= 15 is 0 Å². The van der Waals surface area contributed by atoms with E-state index in [1.807, 2.05) is 0 Å². The van der Waals surface area contributed by atoms with E-state index in [4.69, 9.17) is 4.74 Å². The van der Waals surface area contributed by atoms with E-state index in [0.717, 1.165) is 5.75 Å². The molecule has 0 aromatic heterocycles. The molecule has 0 bridgehead atoms. The van der Waals surface area contributed by atoms with E-state index < -0.39 is 0 Å². The second kappa shape index (κ2) is 6.50. The van der Waals surface area contributed by atoms with Crippen LogP contribution in [0.15, 0.2) is 22.7 Å². The van der Waals surface area contributed by atoms with Crippen molar-refractivity contribution in [1.82, 2.24) is 0 Å². The lowest BCUT2D eigenvalue weighted by Crippen LogP contribution is -2.19. The molecule has 0 fully saturated rings. The number of thiol groups is 1.